The fraction of sp³-hybridized carbons (Fsp3) is 0.316. The quantitative estimate of drug-likeness (QED) is 0.871. The third-order valence-corrected chi connectivity index (χ3v) is 4.83. The molecule has 4 nitrogen and oxygen atoms in total. The number of piperidine rings is 1. The second-order valence-electron chi connectivity index (χ2n) is 6.22. The van der Waals surface area contributed by atoms with Crippen LogP contribution in [0, 0.1) is 0 Å². The zero-order valence-electron chi connectivity index (χ0n) is 13.4. The highest BCUT2D eigenvalue weighted by molar-refractivity contribution is 5.93. The van der Waals surface area contributed by atoms with Gasteiger partial charge in [0.2, 0.25) is 0 Å². The van der Waals surface area contributed by atoms with Crippen molar-refractivity contribution in [1.29, 1.82) is 0 Å². The molecule has 1 unspecified atom stereocenters. The zero-order valence-corrected chi connectivity index (χ0v) is 14.3. The van der Waals surface area contributed by atoms with Crippen molar-refractivity contribution >= 4 is 24.1 Å². The lowest BCUT2D eigenvalue weighted by Gasteiger charge is -2.43. The number of urea groups is 1. The maximum absolute atomic E-state index is 12.8. The van der Waals surface area contributed by atoms with E-state index in [0.29, 0.717) is 0 Å². The summed E-state index contributed by atoms with van der Waals surface area (Å²) < 4.78 is 0. The summed E-state index contributed by atoms with van der Waals surface area (Å²) in [6, 6.07) is 18.8. The van der Waals surface area contributed by atoms with Crippen LogP contribution in [0.2, 0.25) is 0 Å². The number of rotatable bonds is 2. The topological polar surface area (TPSA) is 44.4 Å². The van der Waals surface area contributed by atoms with Gasteiger partial charge in [0, 0.05) is 17.3 Å². The van der Waals surface area contributed by atoms with Gasteiger partial charge in [0.1, 0.15) is 0 Å². The zero-order chi connectivity index (χ0) is 15.6. The van der Waals surface area contributed by atoms with E-state index in [1.807, 2.05) is 36.4 Å². The minimum atomic E-state index is -0.00995. The maximum Gasteiger partial charge on any atom is 0.322 e. The van der Waals surface area contributed by atoms with E-state index < -0.39 is 0 Å². The first-order valence-electron chi connectivity index (χ1n) is 8.28. The molecule has 2 amide bonds. The molecule has 2 heterocycles. The van der Waals surface area contributed by atoms with Gasteiger partial charge in [-0.15, -0.1) is 12.4 Å². The standard InChI is InChI=1S/C19H21N3O.ClH/c23-19-21-17-9-5-4-8-16(17)18(14-6-2-1-3-7-14)22(19)15-10-12-20-13-11-15;/h1-9,15,18,20H,10-13H2,(H,21,23);1H. The van der Waals surface area contributed by atoms with Crippen LogP contribution in [0.3, 0.4) is 0 Å². The van der Waals surface area contributed by atoms with Gasteiger partial charge in [0.15, 0.2) is 0 Å². The van der Waals surface area contributed by atoms with E-state index in [1.165, 1.54) is 11.1 Å². The number of anilines is 1. The van der Waals surface area contributed by atoms with Crippen molar-refractivity contribution in [1.82, 2.24) is 10.2 Å². The Labute approximate surface area is 148 Å². The monoisotopic (exact) mass is 343 g/mol. The highest BCUT2D eigenvalue weighted by Crippen LogP contribution is 2.39. The average Bonchev–Trinajstić information content (AvgIpc) is 2.62. The van der Waals surface area contributed by atoms with Crippen LogP contribution >= 0.6 is 12.4 Å². The van der Waals surface area contributed by atoms with Crippen molar-refractivity contribution in [3.63, 3.8) is 0 Å². The molecule has 2 aromatic rings. The molecule has 2 aromatic carbocycles. The normalized spacial score (nSPS) is 20.8. The molecule has 0 saturated carbocycles. The highest BCUT2D eigenvalue weighted by Gasteiger charge is 2.38. The van der Waals surface area contributed by atoms with Crippen molar-refractivity contribution in [2.45, 2.75) is 24.9 Å². The van der Waals surface area contributed by atoms with Crippen LogP contribution in [0.25, 0.3) is 0 Å². The lowest BCUT2D eigenvalue weighted by atomic mass is 9.91. The second-order valence-corrected chi connectivity index (χ2v) is 6.22. The van der Waals surface area contributed by atoms with Gasteiger partial charge in [-0.3, -0.25) is 0 Å². The fourth-order valence-corrected chi connectivity index (χ4v) is 3.73. The molecule has 1 atom stereocenters. The number of nitrogens with one attached hydrogen (secondary N) is 2. The molecule has 0 bridgehead atoms. The lowest BCUT2D eigenvalue weighted by molar-refractivity contribution is 0.147. The Balaban J connectivity index is 0.00000169. The van der Waals surface area contributed by atoms with E-state index >= 15 is 0 Å². The van der Waals surface area contributed by atoms with Gasteiger partial charge in [0.25, 0.3) is 0 Å². The molecule has 1 saturated heterocycles. The Bertz CT molecular complexity index is 701. The summed E-state index contributed by atoms with van der Waals surface area (Å²) >= 11 is 0. The summed E-state index contributed by atoms with van der Waals surface area (Å²) in [5.41, 5.74) is 3.28. The SMILES string of the molecule is Cl.O=C1Nc2ccccc2C(c2ccccc2)N1C1CCNCC1. The van der Waals surface area contributed by atoms with Gasteiger partial charge in [-0.2, -0.15) is 0 Å². The first-order valence-corrected chi connectivity index (χ1v) is 8.28. The maximum atomic E-state index is 12.8. The molecule has 2 aliphatic rings. The number of halogens is 1. The van der Waals surface area contributed by atoms with E-state index in [-0.39, 0.29) is 30.5 Å². The molecular formula is C19H22ClN3O. The van der Waals surface area contributed by atoms with E-state index in [2.05, 4.69) is 33.7 Å². The minimum Gasteiger partial charge on any atom is -0.317 e. The van der Waals surface area contributed by atoms with Gasteiger partial charge in [-0.05, 0) is 37.6 Å². The number of hydrogen-bond acceptors (Lipinski definition) is 2. The van der Waals surface area contributed by atoms with Gasteiger partial charge >= 0.3 is 6.03 Å². The summed E-state index contributed by atoms with van der Waals surface area (Å²) in [5.74, 6) is 0. The summed E-state index contributed by atoms with van der Waals surface area (Å²) in [6.07, 6.45) is 2.00. The van der Waals surface area contributed by atoms with Gasteiger partial charge in [0.05, 0.1) is 6.04 Å². The number of hydrogen-bond donors (Lipinski definition) is 2. The van der Waals surface area contributed by atoms with E-state index in [9.17, 15) is 4.79 Å². The van der Waals surface area contributed by atoms with Crippen molar-refractivity contribution in [2.24, 2.45) is 0 Å². The Hall–Kier alpha value is -2.04. The fourth-order valence-electron chi connectivity index (χ4n) is 3.73. The van der Waals surface area contributed by atoms with Crippen LogP contribution < -0.4 is 10.6 Å². The molecular weight excluding hydrogens is 322 g/mol. The number of benzene rings is 2. The summed E-state index contributed by atoms with van der Waals surface area (Å²) in [6.45, 7) is 1.94. The van der Waals surface area contributed by atoms with Crippen molar-refractivity contribution in [3.05, 3.63) is 65.7 Å². The van der Waals surface area contributed by atoms with E-state index in [4.69, 9.17) is 0 Å². The number of nitrogens with zero attached hydrogens (tertiary/aromatic N) is 1. The molecule has 0 spiro atoms. The molecule has 1 fully saturated rings. The average molecular weight is 344 g/mol. The van der Waals surface area contributed by atoms with Crippen LogP contribution in [-0.2, 0) is 0 Å². The van der Waals surface area contributed by atoms with Crippen molar-refractivity contribution in [2.75, 3.05) is 18.4 Å². The van der Waals surface area contributed by atoms with Crippen LogP contribution in [0.5, 0.6) is 0 Å². The molecule has 4 rings (SSSR count). The first kappa shape index (κ1) is 16.8. The van der Waals surface area contributed by atoms with E-state index in [1.54, 1.807) is 0 Å². The molecule has 5 heteroatoms. The number of carbonyl (C=O) groups excluding carboxylic acids is 1. The Morgan fingerprint density at radius 1 is 0.917 bits per heavy atom. The van der Waals surface area contributed by atoms with Gasteiger partial charge in [-0.25, -0.2) is 4.79 Å². The molecule has 2 N–H and O–H groups in total. The van der Waals surface area contributed by atoms with Crippen LogP contribution in [0.1, 0.15) is 30.0 Å². The molecule has 24 heavy (non-hydrogen) atoms. The highest BCUT2D eigenvalue weighted by atomic mass is 35.5. The second kappa shape index (κ2) is 7.24. The van der Waals surface area contributed by atoms with Crippen LogP contribution in [0.4, 0.5) is 10.5 Å². The van der Waals surface area contributed by atoms with Crippen molar-refractivity contribution < 1.29 is 4.79 Å². The number of fused-ring (bicyclic) bond motifs is 1. The number of amides is 2. The predicted octanol–water partition coefficient (Wildman–Crippen LogP) is 3.80. The van der Waals surface area contributed by atoms with Crippen LogP contribution in [0.15, 0.2) is 54.6 Å². The van der Waals surface area contributed by atoms with Gasteiger partial charge in [-0.1, -0.05) is 48.5 Å². The Morgan fingerprint density at radius 2 is 1.58 bits per heavy atom. The summed E-state index contributed by atoms with van der Waals surface area (Å²) in [5, 5.41) is 6.46. The number of carbonyl (C=O) groups is 1. The summed E-state index contributed by atoms with van der Waals surface area (Å²) in [4.78, 5) is 14.9. The molecule has 2 aliphatic heterocycles. The third kappa shape index (κ3) is 2.99. The molecule has 0 radical (unpaired) electrons. The number of para-hydroxylation sites is 1. The smallest absolute Gasteiger partial charge is 0.317 e. The Kier molecular flexibility index (Phi) is 5.07. The largest absolute Gasteiger partial charge is 0.322 e. The predicted molar refractivity (Wildman–Crippen MR) is 98.7 cm³/mol. The first-order chi connectivity index (χ1) is 11.3. The Morgan fingerprint density at radius 3 is 2.33 bits per heavy atom. The molecule has 126 valence electrons. The third-order valence-electron chi connectivity index (χ3n) is 4.83. The van der Waals surface area contributed by atoms with E-state index in [0.717, 1.165) is 31.6 Å². The summed E-state index contributed by atoms with van der Waals surface area (Å²) in [7, 11) is 0. The minimum absolute atomic E-state index is 0. The van der Waals surface area contributed by atoms with Crippen LogP contribution in [-0.4, -0.2) is 30.1 Å². The molecule has 0 aromatic heterocycles. The lowest BCUT2D eigenvalue weighted by Crippen LogP contribution is -2.51. The van der Waals surface area contributed by atoms with Gasteiger partial charge < -0.3 is 15.5 Å². The van der Waals surface area contributed by atoms with Crippen molar-refractivity contribution in [3.8, 4) is 0 Å². The molecule has 0 aliphatic carbocycles.